The molecule has 0 radical (unpaired) electrons. The van der Waals surface area contributed by atoms with E-state index in [0.29, 0.717) is 11.1 Å². The first-order chi connectivity index (χ1) is 11.1. The van der Waals surface area contributed by atoms with Gasteiger partial charge in [0.2, 0.25) is 0 Å². The molecular formula is C19H16O4. The number of hydrogen-bond donors (Lipinski definition) is 1. The molecule has 116 valence electrons. The van der Waals surface area contributed by atoms with Gasteiger partial charge >= 0.3 is 5.97 Å². The molecule has 0 aliphatic rings. The number of rotatable bonds is 4. The summed E-state index contributed by atoms with van der Waals surface area (Å²) in [5, 5.41) is 11.0. The van der Waals surface area contributed by atoms with Crippen molar-refractivity contribution in [3.63, 3.8) is 0 Å². The van der Waals surface area contributed by atoms with Gasteiger partial charge in [-0.1, -0.05) is 30.3 Å². The van der Waals surface area contributed by atoms with Crippen LogP contribution in [0.3, 0.4) is 0 Å². The third kappa shape index (κ3) is 2.71. The van der Waals surface area contributed by atoms with Crippen molar-refractivity contribution in [1.82, 2.24) is 0 Å². The van der Waals surface area contributed by atoms with Gasteiger partial charge < -0.3 is 14.6 Å². The van der Waals surface area contributed by atoms with Crippen LogP contribution in [0.1, 0.15) is 10.4 Å². The number of benzene rings is 3. The van der Waals surface area contributed by atoms with Crippen LogP contribution in [-0.2, 0) is 0 Å². The molecule has 23 heavy (non-hydrogen) atoms. The summed E-state index contributed by atoms with van der Waals surface area (Å²) in [4.78, 5) is 11.5. The molecule has 1 N–H and O–H groups in total. The standard InChI is InChI=1S/C19H16O4/c1-22-15-5-3-4-12(11-15)13-6-8-16-14(10-13)7-9-17(23-2)18(16)19(20)21/h3-11H,1-2H3,(H,20,21). The van der Waals surface area contributed by atoms with E-state index >= 15 is 0 Å². The minimum Gasteiger partial charge on any atom is -0.497 e. The molecule has 0 bridgehead atoms. The molecule has 0 saturated heterocycles. The predicted molar refractivity (Wildman–Crippen MR) is 89.4 cm³/mol. The lowest BCUT2D eigenvalue weighted by molar-refractivity contribution is 0.0695. The predicted octanol–water partition coefficient (Wildman–Crippen LogP) is 4.22. The molecule has 0 amide bonds. The zero-order valence-electron chi connectivity index (χ0n) is 12.9. The second-order valence-electron chi connectivity index (χ2n) is 5.12. The summed E-state index contributed by atoms with van der Waals surface area (Å²) < 4.78 is 10.4. The quantitative estimate of drug-likeness (QED) is 0.784. The number of methoxy groups -OCH3 is 2. The highest BCUT2D eigenvalue weighted by Crippen LogP contribution is 2.32. The first-order valence-electron chi connectivity index (χ1n) is 7.12. The molecule has 0 atom stereocenters. The second kappa shape index (κ2) is 6.01. The fourth-order valence-corrected chi connectivity index (χ4v) is 2.68. The van der Waals surface area contributed by atoms with Gasteiger partial charge in [-0.15, -0.1) is 0 Å². The Balaban J connectivity index is 2.18. The van der Waals surface area contributed by atoms with Crippen molar-refractivity contribution >= 4 is 16.7 Å². The van der Waals surface area contributed by atoms with Crippen LogP contribution in [0.25, 0.3) is 21.9 Å². The minimum absolute atomic E-state index is 0.183. The van der Waals surface area contributed by atoms with Crippen LogP contribution in [0.15, 0.2) is 54.6 Å². The lowest BCUT2D eigenvalue weighted by Crippen LogP contribution is -2.01. The first kappa shape index (κ1) is 14.9. The van der Waals surface area contributed by atoms with Gasteiger partial charge in [0.15, 0.2) is 0 Å². The SMILES string of the molecule is COc1cccc(-c2ccc3c(C(=O)O)c(OC)ccc3c2)c1. The van der Waals surface area contributed by atoms with Crippen molar-refractivity contribution in [1.29, 1.82) is 0 Å². The fourth-order valence-electron chi connectivity index (χ4n) is 2.68. The summed E-state index contributed by atoms with van der Waals surface area (Å²) in [5.41, 5.74) is 2.19. The molecule has 4 heteroatoms. The molecule has 4 nitrogen and oxygen atoms in total. The summed E-state index contributed by atoms with van der Waals surface area (Å²) >= 11 is 0. The zero-order chi connectivity index (χ0) is 16.4. The van der Waals surface area contributed by atoms with E-state index in [2.05, 4.69) is 0 Å². The van der Waals surface area contributed by atoms with Crippen LogP contribution in [0, 0.1) is 0 Å². The number of ether oxygens (including phenoxy) is 2. The van der Waals surface area contributed by atoms with Crippen molar-refractivity contribution in [2.24, 2.45) is 0 Å². The van der Waals surface area contributed by atoms with Crippen molar-refractivity contribution in [2.45, 2.75) is 0 Å². The van der Waals surface area contributed by atoms with Crippen LogP contribution < -0.4 is 9.47 Å². The van der Waals surface area contributed by atoms with Gasteiger partial charge in [-0.05, 0) is 46.2 Å². The topological polar surface area (TPSA) is 55.8 Å². The highest BCUT2D eigenvalue weighted by atomic mass is 16.5. The van der Waals surface area contributed by atoms with E-state index in [9.17, 15) is 9.90 Å². The molecule has 0 aliphatic carbocycles. The number of fused-ring (bicyclic) bond motifs is 1. The molecule has 3 aromatic carbocycles. The van der Waals surface area contributed by atoms with E-state index in [1.165, 1.54) is 7.11 Å². The third-order valence-corrected chi connectivity index (χ3v) is 3.82. The van der Waals surface area contributed by atoms with Gasteiger partial charge in [0.1, 0.15) is 17.1 Å². The Labute approximate surface area is 133 Å². The van der Waals surface area contributed by atoms with Crippen LogP contribution in [0.4, 0.5) is 0 Å². The molecule has 0 aliphatic heterocycles. The van der Waals surface area contributed by atoms with Crippen molar-refractivity contribution in [3.8, 4) is 22.6 Å². The van der Waals surface area contributed by atoms with Crippen molar-refractivity contribution < 1.29 is 19.4 Å². The lowest BCUT2D eigenvalue weighted by atomic mass is 9.98. The van der Waals surface area contributed by atoms with Gasteiger partial charge in [0.25, 0.3) is 0 Å². The zero-order valence-corrected chi connectivity index (χ0v) is 12.9. The Bertz CT molecular complexity index is 884. The maximum absolute atomic E-state index is 11.5. The van der Waals surface area contributed by atoms with E-state index in [1.807, 2.05) is 48.5 Å². The van der Waals surface area contributed by atoms with Crippen LogP contribution in [-0.4, -0.2) is 25.3 Å². The summed E-state index contributed by atoms with van der Waals surface area (Å²) in [7, 11) is 3.10. The van der Waals surface area contributed by atoms with Gasteiger partial charge in [0, 0.05) is 0 Å². The molecule has 0 spiro atoms. The number of carboxylic acid groups (broad SMARTS) is 1. The van der Waals surface area contributed by atoms with Gasteiger partial charge in [0.05, 0.1) is 14.2 Å². The molecular weight excluding hydrogens is 292 g/mol. The second-order valence-corrected chi connectivity index (χ2v) is 5.12. The number of carboxylic acids is 1. The number of aromatic carboxylic acids is 1. The smallest absolute Gasteiger partial charge is 0.340 e. The van der Waals surface area contributed by atoms with E-state index in [-0.39, 0.29) is 5.56 Å². The Morgan fingerprint density at radius 1 is 0.913 bits per heavy atom. The molecule has 0 aromatic heterocycles. The summed E-state index contributed by atoms with van der Waals surface area (Å²) in [6.45, 7) is 0. The average molecular weight is 308 g/mol. The summed E-state index contributed by atoms with van der Waals surface area (Å²) in [6, 6.07) is 17.0. The number of carbonyl (C=O) groups is 1. The average Bonchev–Trinajstić information content (AvgIpc) is 2.60. The molecule has 3 aromatic rings. The maximum Gasteiger partial charge on any atom is 0.340 e. The van der Waals surface area contributed by atoms with Crippen molar-refractivity contribution in [3.05, 3.63) is 60.2 Å². The third-order valence-electron chi connectivity index (χ3n) is 3.82. The summed E-state index contributed by atoms with van der Waals surface area (Å²) in [5.74, 6) is 0.143. The first-order valence-corrected chi connectivity index (χ1v) is 7.12. The minimum atomic E-state index is -0.999. The summed E-state index contributed by atoms with van der Waals surface area (Å²) in [6.07, 6.45) is 0. The largest absolute Gasteiger partial charge is 0.497 e. The molecule has 3 rings (SSSR count). The highest BCUT2D eigenvalue weighted by molar-refractivity contribution is 6.07. The van der Waals surface area contributed by atoms with Crippen LogP contribution in [0.5, 0.6) is 11.5 Å². The van der Waals surface area contributed by atoms with E-state index in [4.69, 9.17) is 9.47 Å². The van der Waals surface area contributed by atoms with Gasteiger partial charge in [-0.3, -0.25) is 0 Å². The normalized spacial score (nSPS) is 10.5. The monoisotopic (exact) mass is 308 g/mol. The van der Waals surface area contributed by atoms with Crippen molar-refractivity contribution in [2.75, 3.05) is 14.2 Å². The molecule has 0 fully saturated rings. The lowest BCUT2D eigenvalue weighted by Gasteiger charge is -2.10. The van der Waals surface area contributed by atoms with E-state index < -0.39 is 5.97 Å². The Morgan fingerprint density at radius 3 is 2.39 bits per heavy atom. The molecule has 0 unspecified atom stereocenters. The van der Waals surface area contributed by atoms with E-state index in [1.54, 1.807) is 13.2 Å². The van der Waals surface area contributed by atoms with E-state index in [0.717, 1.165) is 22.3 Å². The molecule has 0 saturated carbocycles. The van der Waals surface area contributed by atoms with Crippen LogP contribution in [0.2, 0.25) is 0 Å². The Morgan fingerprint density at radius 2 is 1.70 bits per heavy atom. The number of hydrogen-bond acceptors (Lipinski definition) is 3. The highest BCUT2D eigenvalue weighted by Gasteiger charge is 2.15. The maximum atomic E-state index is 11.5. The fraction of sp³-hybridized carbons (Fsp3) is 0.105. The van der Waals surface area contributed by atoms with Gasteiger partial charge in [-0.2, -0.15) is 0 Å². The van der Waals surface area contributed by atoms with Gasteiger partial charge in [-0.25, -0.2) is 4.79 Å². The van der Waals surface area contributed by atoms with Crippen LogP contribution >= 0.6 is 0 Å². The Kier molecular flexibility index (Phi) is 3.89. The molecule has 0 heterocycles. The Hall–Kier alpha value is -3.01.